The van der Waals surface area contributed by atoms with Gasteiger partial charge in [-0.1, -0.05) is 11.6 Å². The third-order valence-corrected chi connectivity index (χ3v) is 3.39. The molecule has 0 saturated heterocycles. The fraction of sp³-hybridized carbons (Fsp3) is 0.357. The van der Waals surface area contributed by atoms with Gasteiger partial charge in [0.1, 0.15) is 6.61 Å². The van der Waals surface area contributed by atoms with E-state index in [-0.39, 0.29) is 10.6 Å². The van der Waals surface area contributed by atoms with Gasteiger partial charge in [0.05, 0.1) is 5.02 Å². The lowest BCUT2D eigenvalue weighted by atomic mass is 9.73. The number of carbonyl (C=O) groups is 4. The van der Waals surface area contributed by atoms with Crippen molar-refractivity contribution in [1.29, 1.82) is 0 Å². The molecule has 124 valence electrons. The zero-order valence-electron chi connectivity index (χ0n) is 12.1. The van der Waals surface area contributed by atoms with Gasteiger partial charge in [0.25, 0.3) is 0 Å². The highest BCUT2D eigenvalue weighted by molar-refractivity contribution is 6.32. The molecule has 0 aliphatic rings. The quantitative estimate of drug-likeness (QED) is 0.502. The first kappa shape index (κ1) is 18.7. The summed E-state index contributed by atoms with van der Waals surface area (Å²) in [7, 11) is 1.16. The standard InChI is InChI=1S/C14H14ClNO7/c1-23-7-10(17)14(13(21)22,3-2-11(18)19)12(20)8-4-9(15)6-16-5-8/h4-6H,2-3,7H2,1H3,(H,18,19)(H,21,22). The van der Waals surface area contributed by atoms with Gasteiger partial charge in [-0.15, -0.1) is 0 Å². The summed E-state index contributed by atoms with van der Waals surface area (Å²) in [5.74, 6) is -5.20. The summed E-state index contributed by atoms with van der Waals surface area (Å²) in [6, 6.07) is 1.16. The third kappa shape index (κ3) is 4.11. The Hall–Kier alpha value is -2.32. The molecule has 1 atom stereocenters. The first-order chi connectivity index (χ1) is 10.8. The molecule has 9 heteroatoms. The van der Waals surface area contributed by atoms with E-state index < -0.39 is 48.4 Å². The van der Waals surface area contributed by atoms with E-state index in [1.165, 1.54) is 6.20 Å². The van der Waals surface area contributed by atoms with E-state index in [0.29, 0.717) is 0 Å². The van der Waals surface area contributed by atoms with E-state index in [0.717, 1.165) is 19.4 Å². The number of pyridine rings is 1. The average molecular weight is 344 g/mol. The number of ketones is 2. The van der Waals surface area contributed by atoms with Crippen molar-refractivity contribution in [3.63, 3.8) is 0 Å². The minimum Gasteiger partial charge on any atom is -0.481 e. The van der Waals surface area contributed by atoms with Crippen LogP contribution in [-0.4, -0.2) is 52.4 Å². The van der Waals surface area contributed by atoms with Crippen LogP contribution in [-0.2, 0) is 19.1 Å². The highest BCUT2D eigenvalue weighted by Gasteiger charge is 2.52. The maximum absolute atomic E-state index is 12.6. The minimum absolute atomic E-state index is 0.0764. The molecule has 0 aromatic carbocycles. The number of halogens is 1. The van der Waals surface area contributed by atoms with Gasteiger partial charge >= 0.3 is 11.9 Å². The summed E-state index contributed by atoms with van der Waals surface area (Å²) in [6.07, 6.45) is 0.911. The van der Waals surface area contributed by atoms with Gasteiger partial charge in [-0.05, 0) is 12.5 Å². The summed E-state index contributed by atoms with van der Waals surface area (Å²) in [6.45, 7) is -0.647. The molecule has 0 aliphatic heterocycles. The zero-order valence-corrected chi connectivity index (χ0v) is 12.9. The number of carboxylic acids is 2. The molecule has 0 fully saturated rings. The number of nitrogens with zero attached hydrogens (tertiary/aromatic N) is 1. The fourth-order valence-electron chi connectivity index (χ4n) is 2.03. The zero-order chi connectivity index (χ0) is 17.6. The van der Waals surface area contributed by atoms with Crippen LogP contribution in [0.25, 0.3) is 0 Å². The molecule has 0 saturated carbocycles. The predicted molar refractivity (Wildman–Crippen MR) is 77.4 cm³/mol. The largest absolute Gasteiger partial charge is 0.481 e. The molecular weight excluding hydrogens is 330 g/mol. The van der Waals surface area contributed by atoms with Crippen LogP contribution < -0.4 is 0 Å². The van der Waals surface area contributed by atoms with Gasteiger partial charge in [0.2, 0.25) is 0 Å². The number of Topliss-reactive ketones (excluding diaryl/α,β-unsaturated/α-hetero) is 2. The van der Waals surface area contributed by atoms with Gasteiger partial charge in [-0.25, -0.2) is 0 Å². The smallest absolute Gasteiger partial charge is 0.325 e. The van der Waals surface area contributed by atoms with Gasteiger partial charge in [-0.3, -0.25) is 24.2 Å². The number of rotatable bonds is 9. The second-order valence-electron chi connectivity index (χ2n) is 4.68. The Labute approximate surface area is 136 Å². The summed E-state index contributed by atoms with van der Waals surface area (Å²) >= 11 is 5.72. The minimum atomic E-state index is -2.57. The molecule has 0 radical (unpaired) electrons. The second-order valence-corrected chi connectivity index (χ2v) is 5.12. The van der Waals surface area contributed by atoms with Crippen molar-refractivity contribution in [2.24, 2.45) is 5.41 Å². The molecule has 0 bridgehead atoms. The van der Waals surface area contributed by atoms with Crippen LogP contribution in [0.1, 0.15) is 23.2 Å². The van der Waals surface area contributed by atoms with Crippen LogP contribution in [0.2, 0.25) is 5.02 Å². The molecule has 0 spiro atoms. The van der Waals surface area contributed by atoms with Crippen LogP contribution in [0.15, 0.2) is 18.5 Å². The molecule has 0 amide bonds. The van der Waals surface area contributed by atoms with Crippen molar-refractivity contribution in [2.75, 3.05) is 13.7 Å². The number of hydrogen-bond acceptors (Lipinski definition) is 6. The molecule has 1 aromatic heterocycles. The lowest BCUT2D eigenvalue weighted by molar-refractivity contribution is -0.153. The fourth-order valence-corrected chi connectivity index (χ4v) is 2.21. The lowest BCUT2D eigenvalue weighted by Crippen LogP contribution is -2.48. The molecule has 2 N–H and O–H groups in total. The number of hydrogen-bond donors (Lipinski definition) is 2. The molecule has 1 unspecified atom stereocenters. The van der Waals surface area contributed by atoms with Crippen molar-refractivity contribution in [2.45, 2.75) is 12.8 Å². The Kier molecular flexibility index (Phi) is 6.35. The van der Waals surface area contributed by atoms with Crippen molar-refractivity contribution in [3.05, 3.63) is 29.0 Å². The number of methoxy groups -OCH3 is 1. The van der Waals surface area contributed by atoms with Crippen molar-refractivity contribution in [1.82, 2.24) is 4.98 Å². The molecule has 1 heterocycles. The van der Waals surface area contributed by atoms with Gasteiger partial charge < -0.3 is 14.9 Å². The Morgan fingerprint density at radius 1 is 1.26 bits per heavy atom. The summed E-state index contributed by atoms with van der Waals surface area (Å²) in [5, 5.41) is 18.4. The lowest BCUT2D eigenvalue weighted by Gasteiger charge is -2.25. The topological polar surface area (TPSA) is 131 Å². The van der Waals surface area contributed by atoms with Crippen molar-refractivity contribution in [3.8, 4) is 0 Å². The maximum Gasteiger partial charge on any atom is 0.325 e. The van der Waals surface area contributed by atoms with Crippen LogP contribution >= 0.6 is 11.6 Å². The van der Waals surface area contributed by atoms with Gasteiger partial charge in [-0.2, -0.15) is 0 Å². The highest BCUT2D eigenvalue weighted by atomic mass is 35.5. The Morgan fingerprint density at radius 2 is 1.91 bits per heavy atom. The number of ether oxygens (including phenoxy) is 1. The van der Waals surface area contributed by atoms with Crippen LogP contribution in [0.4, 0.5) is 0 Å². The number of aliphatic carboxylic acids is 2. The van der Waals surface area contributed by atoms with Crippen molar-refractivity contribution >= 4 is 35.1 Å². The van der Waals surface area contributed by atoms with E-state index in [9.17, 15) is 24.3 Å². The van der Waals surface area contributed by atoms with Gasteiger partial charge in [0.15, 0.2) is 17.0 Å². The van der Waals surface area contributed by atoms with Crippen LogP contribution in [0.5, 0.6) is 0 Å². The third-order valence-electron chi connectivity index (χ3n) is 3.19. The predicted octanol–water partition coefficient (Wildman–Crippen LogP) is 1.07. The normalized spacial score (nSPS) is 13.1. The van der Waals surface area contributed by atoms with E-state index in [1.54, 1.807) is 0 Å². The first-order valence-corrected chi connectivity index (χ1v) is 6.76. The highest BCUT2D eigenvalue weighted by Crippen LogP contribution is 2.31. The molecular formula is C14H14ClNO7. The first-order valence-electron chi connectivity index (χ1n) is 6.38. The Balaban J connectivity index is 3.40. The Bertz CT molecular complexity index is 646. The molecule has 23 heavy (non-hydrogen) atoms. The Morgan fingerprint density at radius 3 is 2.39 bits per heavy atom. The number of carboxylic acid groups (broad SMARTS) is 2. The van der Waals surface area contributed by atoms with E-state index in [2.05, 4.69) is 9.72 Å². The summed E-state index contributed by atoms with van der Waals surface area (Å²) in [5.41, 5.74) is -2.77. The van der Waals surface area contributed by atoms with E-state index >= 15 is 0 Å². The molecule has 0 aliphatic carbocycles. The SMILES string of the molecule is COCC(=O)C(CCC(=O)O)(C(=O)O)C(=O)c1cncc(Cl)c1. The summed E-state index contributed by atoms with van der Waals surface area (Å²) < 4.78 is 4.62. The maximum atomic E-state index is 12.6. The van der Waals surface area contributed by atoms with Crippen LogP contribution in [0, 0.1) is 5.41 Å². The number of aromatic nitrogens is 1. The van der Waals surface area contributed by atoms with E-state index in [1.807, 2.05) is 0 Å². The van der Waals surface area contributed by atoms with E-state index in [4.69, 9.17) is 16.7 Å². The molecule has 1 aromatic rings. The van der Waals surface area contributed by atoms with Crippen LogP contribution in [0.3, 0.4) is 0 Å². The average Bonchev–Trinajstić information content (AvgIpc) is 2.47. The second kappa shape index (κ2) is 7.80. The van der Waals surface area contributed by atoms with Gasteiger partial charge in [0, 0.05) is 31.5 Å². The van der Waals surface area contributed by atoms with Crippen molar-refractivity contribution < 1.29 is 34.1 Å². The monoisotopic (exact) mass is 343 g/mol. The number of carbonyl (C=O) groups excluding carboxylic acids is 2. The summed E-state index contributed by atoms with van der Waals surface area (Å²) in [4.78, 5) is 51.0. The molecule has 8 nitrogen and oxygen atoms in total. The molecule has 1 rings (SSSR count).